The Morgan fingerprint density at radius 2 is 2.03 bits per heavy atom. The first kappa shape index (κ1) is 20.5. The first-order valence-electron chi connectivity index (χ1n) is 9.69. The van der Waals surface area contributed by atoms with Crippen molar-refractivity contribution in [3.05, 3.63) is 58.4 Å². The number of hydrogen-bond donors (Lipinski definition) is 1. The van der Waals surface area contributed by atoms with Crippen molar-refractivity contribution < 1.29 is 23.9 Å². The molecule has 2 amide bonds. The third-order valence-electron chi connectivity index (χ3n) is 5.75. The van der Waals surface area contributed by atoms with E-state index in [1.54, 1.807) is 23.1 Å². The molecule has 2 aliphatic heterocycles. The predicted octanol–water partition coefficient (Wildman–Crippen LogP) is 2.67. The van der Waals surface area contributed by atoms with Crippen LogP contribution in [0.25, 0.3) is 0 Å². The zero-order valence-electron chi connectivity index (χ0n) is 16.1. The van der Waals surface area contributed by atoms with Gasteiger partial charge in [-0.15, -0.1) is 0 Å². The SMILES string of the molecule is O=CN1CCc2cc(N3CC[C@@](O)(C(=O)CCc4cc(F)cc(Cl)c4)C3=O)ccc21. The monoisotopic (exact) mass is 430 g/mol. The van der Waals surface area contributed by atoms with E-state index in [0.29, 0.717) is 24.2 Å². The summed E-state index contributed by atoms with van der Waals surface area (Å²) in [5.74, 6) is -1.75. The minimum Gasteiger partial charge on any atom is -0.373 e. The van der Waals surface area contributed by atoms with Gasteiger partial charge in [-0.05, 0) is 60.4 Å². The lowest BCUT2D eigenvalue weighted by molar-refractivity contribution is -0.147. The van der Waals surface area contributed by atoms with E-state index in [1.165, 1.54) is 17.0 Å². The van der Waals surface area contributed by atoms with Crippen LogP contribution >= 0.6 is 11.6 Å². The minimum absolute atomic E-state index is 0.00782. The van der Waals surface area contributed by atoms with E-state index in [0.717, 1.165) is 17.7 Å². The van der Waals surface area contributed by atoms with Crippen LogP contribution in [0.3, 0.4) is 0 Å². The number of aliphatic hydroxyl groups is 1. The average Bonchev–Trinajstić information content (AvgIpc) is 3.26. The summed E-state index contributed by atoms with van der Waals surface area (Å²) in [5, 5.41) is 11.1. The molecule has 0 radical (unpaired) electrons. The number of hydrogen-bond acceptors (Lipinski definition) is 4. The first-order chi connectivity index (χ1) is 14.3. The van der Waals surface area contributed by atoms with Crippen LogP contribution in [0.5, 0.6) is 0 Å². The van der Waals surface area contributed by atoms with E-state index >= 15 is 0 Å². The van der Waals surface area contributed by atoms with Crippen molar-refractivity contribution in [1.82, 2.24) is 0 Å². The summed E-state index contributed by atoms with van der Waals surface area (Å²) in [6, 6.07) is 9.30. The van der Waals surface area contributed by atoms with E-state index in [2.05, 4.69) is 0 Å². The fourth-order valence-corrected chi connectivity index (χ4v) is 4.37. The molecular formula is C22H20ClFN2O4. The van der Waals surface area contributed by atoms with Crippen molar-refractivity contribution in [2.75, 3.05) is 22.9 Å². The van der Waals surface area contributed by atoms with E-state index in [9.17, 15) is 23.9 Å². The third-order valence-corrected chi connectivity index (χ3v) is 5.97. The van der Waals surface area contributed by atoms with Gasteiger partial charge in [0, 0.05) is 42.3 Å². The summed E-state index contributed by atoms with van der Waals surface area (Å²) in [4.78, 5) is 39.7. The van der Waals surface area contributed by atoms with Crippen molar-refractivity contribution in [2.45, 2.75) is 31.3 Å². The van der Waals surface area contributed by atoms with Crippen molar-refractivity contribution in [3.8, 4) is 0 Å². The van der Waals surface area contributed by atoms with Gasteiger partial charge in [0.25, 0.3) is 5.91 Å². The lowest BCUT2D eigenvalue weighted by Gasteiger charge is -2.22. The molecule has 1 atom stereocenters. The average molecular weight is 431 g/mol. The van der Waals surface area contributed by atoms with Gasteiger partial charge in [0.05, 0.1) is 0 Å². The number of nitrogens with zero attached hydrogens (tertiary/aromatic N) is 2. The van der Waals surface area contributed by atoms with Crippen LogP contribution in [-0.4, -0.2) is 41.9 Å². The molecule has 1 N–H and O–H groups in total. The highest BCUT2D eigenvalue weighted by molar-refractivity contribution is 6.30. The van der Waals surface area contributed by atoms with E-state index in [4.69, 9.17) is 11.6 Å². The molecule has 4 rings (SSSR count). The molecule has 0 unspecified atom stereocenters. The number of carbonyl (C=O) groups excluding carboxylic acids is 3. The molecule has 2 aromatic rings. The van der Waals surface area contributed by atoms with Crippen LogP contribution in [0.15, 0.2) is 36.4 Å². The number of halogens is 2. The maximum Gasteiger partial charge on any atom is 0.266 e. The Balaban J connectivity index is 1.47. The second-order valence-corrected chi connectivity index (χ2v) is 8.07. The number of benzene rings is 2. The maximum absolute atomic E-state index is 13.5. The van der Waals surface area contributed by atoms with E-state index in [1.807, 2.05) is 6.07 Å². The second-order valence-electron chi connectivity index (χ2n) is 7.63. The number of ketones is 1. The Morgan fingerprint density at radius 1 is 1.23 bits per heavy atom. The Labute approximate surface area is 177 Å². The summed E-state index contributed by atoms with van der Waals surface area (Å²) >= 11 is 5.83. The summed E-state index contributed by atoms with van der Waals surface area (Å²) in [6.45, 7) is 0.797. The lowest BCUT2D eigenvalue weighted by Crippen LogP contribution is -2.47. The molecule has 30 heavy (non-hydrogen) atoms. The lowest BCUT2D eigenvalue weighted by atomic mass is 9.92. The van der Waals surface area contributed by atoms with Crippen LogP contribution < -0.4 is 9.80 Å². The summed E-state index contributed by atoms with van der Waals surface area (Å²) in [6.07, 6.45) is 1.52. The van der Waals surface area contributed by atoms with Crippen molar-refractivity contribution in [2.24, 2.45) is 0 Å². The number of aryl methyl sites for hydroxylation is 1. The molecule has 1 saturated heterocycles. The summed E-state index contributed by atoms with van der Waals surface area (Å²) in [7, 11) is 0. The molecular weight excluding hydrogens is 411 g/mol. The molecule has 0 aromatic heterocycles. The van der Waals surface area contributed by atoms with Crippen molar-refractivity contribution in [3.63, 3.8) is 0 Å². The topological polar surface area (TPSA) is 77.9 Å². The van der Waals surface area contributed by atoms with E-state index in [-0.39, 0.29) is 30.8 Å². The highest BCUT2D eigenvalue weighted by Crippen LogP contribution is 2.35. The zero-order chi connectivity index (χ0) is 21.5. The van der Waals surface area contributed by atoms with Gasteiger partial charge in [-0.2, -0.15) is 0 Å². The fraction of sp³-hybridized carbons (Fsp3) is 0.318. The second kappa shape index (κ2) is 7.81. The molecule has 0 spiro atoms. The Morgan fingerprint density at radius 3 is 2.77 bits per heavy atom. The number of fused-ring (bicyclic) bond motifs is 1. The number of amides is 2. The van der Waals surface area contributed by atoms with Crippen LogP contribution in [0.1, 0.15) is 24.0 Å². The van der Waals surface area contributed by atoms with E-state index < -0.39 is 23.1 Å². The molecule has 0 bridgehead atoms. The van der Waals surface area contributed by atoms with Gasteiger partial charge in [-0.1, -0.05) is 11.6 Å². The molecule has 2 aromatic carbocycles. The summed E-state index contributed by atoms with van der Waals surface area (Å²) < 4.78 is 13.5. The summed E-state index contributed by atoms with van der Waals surface area (Å²) in [5.41, 5.74) is 0.771. The first-order valence-corrected chi connectivity index (χ1v) is 10.1. The highest BCUT2D eigenvalue weighted by atomic mass is 35.5. The van der Waals surface area contributed by atoms with Crippen LogP contribution in [0.2, 0.25) is 5.02 Å². The molecule has 0 aliphatic carbocycles. The molecule has 6 nitrogen and oxygen atoms in total. The third kappa shape index (κ3) is 3.59. The number of rotatable bonds is 6. The van der Waals surface area contributed by atoms with Crippen LogP contribution in [0.4, 0.5) is 15.8 Å². The van der Waals surface area contributed by atoms with Crippen molar-refractivity contribution in [1.29, 1.82) is 0 Å². The van der Waals surface area contributed by atoms with Gasteiger partial charge in [-0.3, -0.25) is 14.4 Å². The van der Waals surface area contributed by atoms with Gasteiger partial charge in [0.1, 0.15) is 5.82 Å². The highest BCUT2D eigenvalue weighted by Gasteiger charge is 2.50. The Bertz CT molecular complexity index is 1020. The molecule has 0 saturated carbocycles. The van der Waals surface area contributed by atoms with Gasteiger partial charge < -0.3 is 14.9 Å². The predicted molar refractivity (Wildman–Crippen MR) is 110 cm³/mol. The van der Waals surface area contributed by atoms with Crippen LogP contribution in [0, 0.1) is 5.82 Å². The smallest absolute Gasteiger partial charge is 0.266 e. The molecule has 1 fully saturated rings. The number of carbonyl (C=O) groups is 3. The molecule has 2 aliphatic rings. The minimum atomic E-state index is -2.09. The standard InChI is InChI=1S/C22H20ClFN2O4/c23-16-9-14(10-17(24)12-16)1-4-20(28)22(30)6-8-26(21(22)29)18-2-3-19-15(11-18)5-7-25(19)13-27/h2-3,9-13,30H,1,4-8H2/t22-/m1/s1. The molecule has 8 heteroatoms. The van der Waals surface area contributed by atoms with Crippen molar-refractivity contribution >= 4 is 41.1 Å². The number of Topliss-reactive ketones (excluding diaryl/α,β-unsaturated/α-hetero) is 1. The fourth-order valence-electron chi connectivity index (χ4n) is 4.12. The van der Waals surface area contributed by atoms with Gasteiger partial charge in [0.15, 0.2) is 5.78 Å². The Kier molecular flexibility index (Phi) is 5.34. The molecule has 2 heterocycles. The quantitative estimate of drug-likeness (QED) is 0.564. The Hall–Kier alpha value is -2.77. The normalized spacial score (nSPS) is 20.6. The van der Waals surface area contributed by atoms with Gasteiger partial charge in [-0.25, -0.2) is 4.39 Å². The van der Waals surface area contributed by atoms with Crippen LogP contribution in [-0.2, 0) is 27.2 Å². The number of anilines is 2. The van der Waals surface area contributed by atoms with Gasteiger partial charge in [0.2, 0.25) is 12.0 Å². The largest absolute Gasteiger partial charge is 0.373 e. The zero-order valence-corrected chi connectivity index (χ0v) is 16.9. The van der Waals surface area contributed by atoms with Gasteiger partial charge >= 0.3 is 0 Å². The maximum atomic E-state index is 13.5. The molecule has 156 valence electrons.